The van der Waals surface area contributed by atoms with Gasteiger partial charge in [0.1, 0.15) is 0 Å². The molecule has 0 spiro atoms. The fourth-order valence-electron chi connectivity index (χ4n) is 1.78. The second-order valence-electron chi connectivity index (χ2n) is 4.10. The number of nitrogens with one attached hydrogen (secondary N) is 2. The van der Waals surface area contributed by atoms with E-state index in [1.54, 1.807) is 17.4 Å². The highest BCUT2D eigenvalue weighted by atomic mass is 16.4. The van der Waals surface area contributed by atoms with Gasteiger partial charge in [0.05, 0.1) is 25.0 Å². The number of hydrogen-bond donors (Lipinski definition) is 3. The van der Waals surface area contributed by atoms with Crippen LogP contribution in [-0.2, 0) is 11.3 Å². The third-order valence-corrected chi connectivity index (χ3v) is 2.69. The number of likely N-dealkylation sites (tertiary alicyclic amines) is 1. The van der Waals surface area contributed by atoms with Crippen LogP contribution in [0.5, 0.6) is 0 Å². The number of carbonyl (C=O) groups is 2. The molecule has 0 saturated carbocycles. The van der Waals surface area contributed by atoms with Gasteiger partial charge in [-0.3, -0.25) is 4.79 Å². The van der Waals surface area contributed by atoms with Gasteiger partial charge in [-0.2, -0.15) is 0 Å². The van der Waals surface area contributed by atoms with Crippen LogP contribution >= 0.6 is 0 Å². The summed E-state index contributed by atoms with van der Waals surface area (Å²) in [6, 6.07) is -0.166. The molecule has 7 heteroatoms. The molecule has 0 atom stereocenters. The van der Waals surface area contributed by atoms with Gasteiger partial charge in [-0.15, -0.1) is 0 Å². The van der Waals surface area contributed by atoms with Crippen LogP contribution in [0, 0.1) is 5.92 Å². The van der Waals surface area contributed by atoms with Crippen LogP contribution in [0.3, 0.4) is 0 Å². The van der Waals surface area contributed by atoms with Crippen molar-refractivity contribution in [3.8, 4) is 0 Å². The summed E-state index contributed by atoms with van der Waals surface area (Å²) in [6.07, 6.45) is 3.32. The number of aliphatic carboxylic acids is 1. The number of carboxylic acid groups (broad SMARTS) is 1. The second-order valence-corrected chi connectivity index (χ2v) is 4.10. The van der Waals surface area contributed by atoms with E-state index in [0.717, 1.165) is 5.69 Å². The van der Waals surface area contributed by atoms with Crippen molar-refractivity contribution >= 4 is 12.0 Å². The largest absolute Gasteiger partial charge is 0.481 e. The average Bonchev–Trinajstić information content (AvgIpc) is 2.71. The van der Waals surface area contributed by atoms with E-state index < -0.39 is 5.97 Å². The van der Waals surface area contributed by atoms with E-state index in [1.807, 2.05) is 0 Å². The molecule has 7 nitrogen and oxygen atoms in total. The lowest BCUT2D eigenvalue weighted by Crippen LogP contribution is -2.54. The summed E-state index contributed by atoms with van der Waals surface area (Å²) in [5.41, 5.74) is 0.834. The van der Waals surface area contributed by atoms with Crippen molar-refractivity contribution in [3.05, 3.63) is 18.2 Å². The van der Waals surface area contributed by atoms with E-state index in [2.05, 4.69) is 15.3 Å². The van der Waals surface area contributed by atoms with Crippen molar-refractivity contribution < 1.29 is 14.7 Å². The molecular formula is C10H14N4O3. The van der Waals surface area contributed by atoms with Gasteiger partial charge in [-0.05, 0) is 0 Å². The highest BCUT2D eigenvalue weighted by Crippen LogP contribution is 2.18. The number of urea groups is 1. The minimum atomic E-state index is -0.812. The zero-order chi connectivity index (χ0) is 12.3. The molecule has 2 heterocycles. The number of imidazole rings is 1. The lowest BCUT2D eigenvalue weighted by molar-refractivity contribution is -0.139. The van der Waals surface area contributed by atoms with Crippen molar-refractivity contribution in [3.63, 3.8) is 0 Å². The fraction of sp³-hybridized carbons (Fsp3) is 0.500. The molecule has 1 aromatic heterocycles. The zero-order valence-electron chi connectivity index (χ0n) is 9.22. The Morgan fingerprint density at radius 3 is 2.94 bits per heavy atom. The Hall–Kier alpha value is -2.05. The van der Waals surface area contributed by atoms with Crippen molar-refractivity contribution in [1.29, 1.82) is 0 Å². The summed E-state index contributed by atoms with van der Waals surface area (Å²) >= 11 is 0. The molecule has 2 amide bonds. The molecule has 0 aromatic carbocycles. The van der Waals surface area contributed by atoms with E-state index in [-0.39, 0.29) is 18.4 Å². The fourth-order valence-corrected chi connectivity index (χ4v) is 1.78. The maximum absolute atomic E-state index is 11.6. The molecule has 17 heavy (non-hydrogen) atoms. The molecule has 92 valence electrons. The standard InChI is InChI=1S/C10H14N4O3/c15-9(16)1-7-4-14(5-7)10(17)12-3-8-2-11-6-13-8/h2,6-7H,1,3-5H2,(H,11,13)(H,12,17)(H,15,16). The number of carboxylic acids is 1. The van der Waals surface area contributed by atoms with Gasteiger partial charge in [0.2, 0.25) is 0 Å². The van der Waals surface area contributed by atoms with Crippen LogP contribution in [0.2, 0.25) is 0 Å². The molecule has 1 aromatic rings. The van der Waals surface area contributed by atoms with Gasteiger partial charge in [0, 0.05) is 25.2 Å². The molecule has 1 aliphatic heterocycles. The smallest absolute Gasteiger partial charge is 0.317 e. The van der Waals surface area contributed by atoms with E-state index >= 15 is 0 Å². The van der Waals surface area contributed by atoms with Gasteiger partial charge in [0.25, 0.3) is 0 Å². The summed E-state index contributed by atoms with van der Waals surface area (Å²) in [4.78, 5) is 30.3. The number of hydrogen-bond acceptors (Lipinski definition) is 3. The van der Waals surface area contributed by atoms with Crippen LogP contribution in [0.1, 0.15) is 12.1 Å². The Kier molecular flexibility index (Phi) is 3.27. The summed E-state index contributed by atoms with van der Waals surface area (Å²) in [6.45, 7) is 1.43. The predicted octanol–water partition coefficient (Wildman–Crippen LogP) is 0.0258. The molecule has 0 radical (unpaired) electrons. The normalized spacial score (nSPS) is 15.4. The van der Waals surface area contributed by atoms with Gasteiger partial charge in [-0.1, -0.05) is 0 Å². The molecular weight excluding hydrogens is 224 g/mol. The Labute approximate surface area is 97.8 Å². The SMILES string of the molecule is O=C(O)CC1CN(C(=O)NCc2cnc[nH]2)C1. The third-order valence-electron chi connectivity index (χ3n) is 2.69. The Morgan fingerprint density at radius 2 is 2.35 bits per heavy atom. The monoisotopic (exact) mass is 238 g/mol. The van der Waals surface area contributed by atoms with Crippen LogP contribution in [0.4, 0.5) is 4.79 Å². The minimum absolute atomic E-state index is 0.0883. The topological polar surface area (TPSA) is 98.3 Å². The van der Waals surface area contributed by atoms with Gasteiger partial charge in [-0.25, -0.2) is 9.78 Å². The highest BCUT2D eigenvalue weighted by molar-refractivity contribution is 5.75. The summed E-state index contributed by atoms with van der Waals surface area (Å²) in [5.74, 6) is -0.724. The van der Waals surface area contributed by atoms with Crippen LogP contribution in [0.15, 0.2) is 12.5 Å². The maximum Gasteiger partial charge on any atom is 0.317 e. The first kappa shape index (κ1) is 11.4. The van der Waals surface area contributed by atoms with Crippen molar-refractivity contribution in [2.24, 2.45) is 5.92 Å². The second kappa shape index (κ2) is 4.86. The number of carbonyl (C=O) groups excluding carboxylic acids is 1. The minimum Gasteiger partial charge on any atom is -0.481 e. The Morgan fingerprint density at radius 1 is 1.59 bits per heavy atom. The maximum atomic E-state index is 11.6. The van der Waals surface area contributed by atoms with E-state index in [1.165, 1.54) is 0 Å². The molecule has 1 saturated heterocycles. The first-order chi connectivity index (χ1) is 8.15. The van der Waals surface area contributed by atoms with E-state index in [9.17, 15) is 9.59 Å². The van der Waals surface area contributed by atoms with Crippen molar-refractivity contribution in [1.82, 2.24) is 20.2 Å². The first-order valence-electron chi connectivity index (χ1n) is 5.37. The summed E-state index contributed by atoms with van der Waals surface area (Å²) in [5, 5.41) is 11.3. The van der Waals surface area contributed by atoms with E-state index in [4.69, 9.17) is 5.11 Å². The Balaban J connectivity index is 1.67. The number of amides is 2. The van der Waals surface area contributed by atoms with Gasteiger partial charge in [0.15, 0.2) is 0 Å². The lowest BCUT2D eigenvalue weighted by atomic mass is 9.97. The third kappa shape index (κ3) is 2.96. The molecule has 1 fully saturated rings. The number of H-pyrrole nitrogens is 1. The summed E-state index contributed by atoms with van der Waals surface area (Å²) in [7, 11) is 0. The number of aromatic amines is 1. The molecule has 1 aliphatic rings. The van der Waals surface area contributed by atoms with Crippen LogP contribution < -0.4 is 5.32 Å². The first-order valence-corrected chi connectivity index (χ1v) is 5.37. The zero-order valence-corrected chi connectivity index (χ0v) is 9.22. The molecule has 0 aliphatic carbocycles. The quantitative estimate of drug-likeness (QED) is 0.689. The lowest BCUT2D eigenvalue weighted by Gasteiger charge is -2.38. The molecule has 3 N–H and O–H groups in total. The van der Waals surface area contributed by atoms with Gasteiger partial charge < -0.3 is 20.3 Å². The number of nitrogens with zero attached hydrogens (tertiary/aromatic N) is 2. The van der Waals surface area contributed by atoms with Crippen molar-refractivity contribution in [2.75, 3.05) is 13.1 Å². The molecule has 0 bridgehead atoms. The molecule has 0 unspecified atom stereocenters. The predicted molar refractivity (Wildman–Crippen MR) is 58.1 cm³/mol. The molecule has 2 rings (SSSR count). The van der Waals surface area contributed by atoms with E-state index in [0.29, 0.717) is 19.6 Å². The highest BCUT2D eigenvalue weighted by Gasteiger charge is 2.31. The number of rotatable bonds is 4. The van der Waals surface area contributed by atoms with Crippen molar-refractivity contribution in [2.45, 2.75) is 13.0 Å². The number of aromatic nitrogens is 2. The Bertz CT molecular complexity index is 398. The van der Waals surface area contributed by atoms with Crippen LogP contribution in [-0.4, -0.2) is 45.1 Å². The van der Waals surface area contributed by atoms with Crippen LogP contribution in [0.25, 0.3) is 0 Å². The average molecular weight is 238 g/mol. The van der Waals surface area contributed by atoms with Gasteiger partial charge >= 0.3 is 12.0 Å². The summed E-state index contributed by atoms with van der Waals surface area (Å²) < 4.78 is 0.